The summed E-state index contributed by atoms with van der Waals surface area (Å²) < 4.78 is 0. The van der Waals surface area contributed by atoms with Crippen LogP contribution in [-0.4, -0.2) is 5.78 Å². The third-order valence-corrected chi connectivity index (χ3v) is 3.18. The van der Waals surface area contributed by atoms with Crippen molar-refractivity contribution in [1.29, 1.82) is 0 Å². The molecule has 0 unspecified atom stereocenters. The van der Waals surface area contributed by atoms with Crippen LogP contribution in [0.1, 0.15) is 17.3 Å². The maximum atomic E-state index is 11.3. The van der Waals surface area contributed by atoms with Gasteiger partial charge in [-0.1, -0.05) is 47.5 Å². The maximum absolute atomic E-state index is 11.3. The van der Waals surface area contributed by atoms with E-state index in [-0.39, 0.29) is 5.78 Å². The van der Waals surface area contributed by atoms with Gasteiger partial charge < -0.3 is 0 Å². The lowest BCUT2D eigenvalue weighted by Gasteiger charge is -2.06. The third-order valence-electron chi connectivity index (χ3n) is 2.53. The molecule has 2 aromatic carbocycles. The van der Waals surface area contributed by atoms with Crippen molar-refractivity contribution in [3.8, 4) is 11.1 Å². The zero-order chi connectivity index (χ0) is 12.4. The highest BCUT2D eigenvalue weighted by Crippen LogP contribution is 2.30. The number of rotatable bonds is 2. The first-order chi connectivity index (χ1) is 8.09. The average Bonchev–Trinajstić information content (AvgIpc) is 2.29. The zero-order valence-corrected chi connectivity index (χ0v) is 10.7. The van der Waals surface area contributed by atoms with Gasteiger partial charge in [-0.15, -0.1) is 0 Å². The number of hydrogen-bond donors (Lipinski definition) is 0. The van der Waals surface area contributed by atoms with Crippen LogP contribution >= 0.6 is 23.2 Å². The molecule has 0 aliphatic heterocycles. The van der Waals surface area contributed by atoms with E-state index in [1.54, 1.807) is 12.1 Å². The highest BCUT2D eigenvalue weighted by Gasteiger charge is 2.08. The number of ketones is 1. The summed E-state index contributed by atoms with van der Waals surface area (Å²) in [5, 5.41) is 1.12. The van der Waals surface area contributed by atoms with Gasteiger partial charge in [-0.2, -0.15) is 0 Å². The monoisotopic (exact) mass is 264 g/mol. The van der Waals surface area contributed by atoms with Gasteiger partial charge in [0.1, 0.15) is 0 Å². The van der Waals surface area contributed by atoms with Crippen LogP contribution in [0.3, 0.4) is 0 Å². The van der Waals surface area contributed by atoms with E-state index < -0.39 is 0 Å². The lowest BCUT2D eigenvalue weighted by molar-refractivity contribution is 0.101. The standard InChI is InChI=1S/C14H10Cl2O/c1-9(17)11-7-6-10(8-14(11)16)12-4-2-3-5-13(12)15/h2-8H,1H3. The zero-order valence-electron chi connectivity index (χ0n) is 9.21. The van der Waals surface area contributed by atoms with E-state index in [2.05, 4.69) is 0 Å². The molecule has 0 amide bonds. The van der Waals surface area contributed by atoms with E-state index in [0.717, 1.165) is 11.1 Å². The summed E-state index contributed by atoms with van der Waals surface area (Å²) in [5.74, 6) is -0.0410. The first-order valence-electron chi connectivity index (χ1n) is 5.15. The topological polar surface area (TPSA) is 17.1 Å². The van der Waals surface area contributed by atoms with Crippen LogP contribution < -0.4 is 0 Å². The van der Waals surface area contributed by atoms with Crippen LogP contribution in [0, 0.1) is 0 Å². The molecule has 0 aromatic heterocycles. The van der Waals surface area contributed by atoms with Crippen LogP contribution in [0.25, 0.3) is 11.1 Å². The molecule has 0 aliphatic carbocycles. The van der Waals surface area contributed by atoms with Gasteiger partial charge in [-0.3, -0.25) is 4.79 Å². The molecule has 0 fully saturated rings. The van der Waals surface area contributed by atoms with Gasteiger partial charge in [0.2, 0.25) is 0 Å². The van der Waals surface area contributed by atoms with E-state index in [1.807, 2.05) is 30.3 Å². The predicted molar refractivity (Wildman–Crippen MR) is 71.9 cm³/mol. The molecule has 2 aromatic rings. The Kier molecular flexibility index (Phi) is 3.51. The van der Waals surface area contributed by atoms with E-state index in [1.165, 1.54) is 6.92 Å². The van der Waals surface area contributed by atoms with Gasteiger partial charge in [-0.25, -0.2) is 0 Å². The normalized spacial score (nSPS) is 10.3. The molecule has 0 heterocycles. The van der Waals surface area contributed by atoms with Crippen LogP contribution in [-0.2, 0) is 0 Å². The minimum Gasteiger partial charge on any atom is -0.294 e. The summed E-state index contributed by atoms with van der Waals surface area (Å²) in [4.78, 5) is 11.3. The van der Waals surface area contributed by atoms with Gasteiger partial charge in [0.25, 0.3) is 0 Å². The number of Topliss-reactive ketones (excluding diaryl/α,β-unsaturated/α-hetero) is 1. The summed E-state index contributed by atoms with van der Waals surface area (Å²) in [6.07, 6.45) is 0. The molecule has 1 nitrogen and oxygen atoms in total. The van der Waals surface area contributed by atoms with Gasteiger partial charge in [-0.05, 0) is 30.7 Å². The SMILES string of the molecule is CC(=O)c1ccc(-c2ccccc2Cl)cc1Cl. The highest BCUT2D eigenvalue weighted by atomic mass is 35.5. The van der Waals surface area contributed by atoms with Gasteiger partial charge >= 0.3 is 0 Å². The summed E-state index contributed by atoms with van der Waals surface area (Å²) in [7, 11) is 0. The van der Waals surface area contributed by atoms with Crippen LogP contribution in [0.15, 0.2) is 42.5 Å². The Labute approximate surface area is 110 Å². The molecule has 0 saturated heterocycles. The molecule has 0 atom stereocenters. The van der Waals surface area contributed by atoms with Crippen molar-refractivity contribution in [3.63, 3.8) is 0 Å². The van der Waals surface area contributed by atoms with E-state index >= 15 is 0 Å². The second-order valence-electron chi connectivity index (χ2n) is 3.73. The van der Waals surface area contributed by atoms with Crippen LogP contribution in [0.2, 0.25) is 10.0 Å². The largest absolute Gasteiger partial charge is 0.294 e. The first-order valence-corrected chi connectivity index (χ1v) is 5.90. The Bertz CT molecular complexity index is 576. The lowest BCUT2D eigenvalue weighted by atomic mass is 10.0. The fraction of sp³-hybridized carbons (Fsp3) is 0.0714. The van der Waals surface area contributed by atoms with Crippen molar-refractivity contribution in [2.45, 2.75) is 6.92 Å². The predicted octanol–water partition coefficient (Wildman–Crippen LogP) is 4.86. The molecule has 2 rings (SSSR count). The van der Waals surface area contributed by atoms with Crippen molar-refractivity contribution >= 4 is 29.0 Å². The molecule has 17 heavy (non-hydrogen) atoms. The number of carbonyl (C=O) groups is 1. The molecular formula is C14H10Cl2O. The number of hydrogen-bond acceptors (Lipinski definition) is 1. The van der Waals surface area contributed by atoms with Gasteiger partial charge in [0, 0.05) is 16.1 Å². The smallest absolute Gasteiger partial charge is 0.161 e. The van der Waals surface area contributed by atoms with Crippen LogP contribution in [0.4, 0.5) is 0 Å². The van der Waals surface area contributed by atoms with Crippen LogP contribution in [0.5, 0.6) is 0 Å². The molecule has 0 bridgehead atoms. The molecule has 0 saturated carbocycles. The number of benzene rings is 2. The Hall–Kier alpha value is -1.31. The molecule has 0 radical (unpaired) electrons. The summed E-state index contributed by atoms with van der Waals surface area (Å²) in [5.41, 5.74) is 2.35. The fourth-order valence-corrected chi connectivity index (χ4v) is 2.22. The second-order valence-corrected chi connectivity index (χ2v) is 4.55. The summed E-state index contributed by atoms with van der Waals surface area (Å²) in [6, 6.07) is 12.9. The molecule has 0 spiro atoms. The first kappa shape index (κ1) is 12.2. The molecule has 0 aliphatic rings. The van der Waals surface area contributed by atoms with E-state index in [9.17, 15) is 4.79 Å². The highest BCUT2D eigenvalue weighted by molar-refractivity contribution is 6.35. The average molecular weight is 265 g/mol. The maximum Gasteiger partial charge on any atom is 0.161 e. The van der Waals surface area contributed by atoms with Crippen molar-refractivity contribution in [1.82, 2.24) is 0 Å². The second kappa shape index (κ2) is 4.91. The number of carbonyl (C=O) groups excluding carboxylic acids is 1. The third kappa shape index (κ3) is 2.51. The van der Waals surface area contributed by atoms with Crippen molar-refractivity contribution in [2.24, 2.45) is 0 Å². The van der Waals surface area contributed by atoms with Crippen molar-refractivity contribution < 1.29 is 4.79 Å². The Morgan fingerprint density at radius 1 is 1.00 bits per heavy atom. The van der Waals surface area contributed by atoms with Gasteiger partial charge in [0.15, 0.2) is 5.78 Å². The number of halogens is 2. The summed E-state index contributed by atoms with van der Waals surface area (Å²) >= 11 is 12.2. The Morgan fingerprint density at radius 3 is 2.29 bits per heavy atom. The van der Waals surface area contributed by atoms with Gasteiger partial charge in [0.05, 0.1) is 5.02 Å². The molecule has 0 N–H and O–H groups in total. The minimum absolute atomic E-state index is 0.0410. The van der Waals surface area contributed by atoms with Crippen molar-refractivity contribution in [3.05, 3.63) is 58.1 Å². The quantitative estimate of drug-likeness (QED) is 0.708. The lowest BCUT2D eigenvalue weighted by Crippen LogP contribution is -1.93. The fourth-order valence-electron chi connectivity index (χ4n) is 1.66. The minimum atomic E-state index is -0.0410. The van der Waals surface area contributed by atoms with E-state index in [4.69, 9.17) is 23.2 Å². The Morgan fingerprint density at radius 2 is 1.71 bits per heavy atom. The molecule has 86 valence electrons. The Balaban J connectivity index is 2.52. The molecule has 3 heteroatoms. The molecular weight excluding hydrogens is 255 g/mol. The van der Waals surface area contributed by atoms with E-state index in [0.29, 0.717) is 15.6 Å². The summed E-state index contributed by atoms with van der Waals surface area (Å²) in [6.45, 7) is 1.50. The van der Waals surface area contributed by atoms with Crippen molar-refractivity contribution in [2.75, 3.05) is 0 Å².